The Bertz CT molecular complexity index is 614. The molecule has 1 fully saturated rings. The van der Waals surface area contributed by atoms with E-state index in [-0.39, 0.29) is 12.3 Å². The lowest BCUT2D eigenvalue weighted by Gasteiger charge is -2.24. The predicted octanol–water partition coefficient (Wildman–Crippen LogP) is 2.32. The number of nitrogens with zero attached hydrogens (tertiary/aromatic N) is 2. The summed E-state index contributed by atoms with van der Waals surface area (Å²) in [6.07, 6.45) is 0.101. The lowest BCUT2D eigenvalue weighted by molar-refractivity contribution is -0.0149. The van der Waals surface area contributed by atoms with Crippen LogP contribution in [0, 0.1) is 5.82 Å². The van der Waals surface area contributed by atoms with Gasteiger partial charge in [-0.25, -0.2) is 4.39 Å². The summed E-state index contributed by atoms with van der Waals surface area (Å²) in [5.74, 6) is -0.106. The maximum atomic E-state index is 13.7. The highest BCUT2D eigenvalue weighted by molar-refractivity contribution is 6.31. The third kappa shape index (κ3) is 3.07. The first-order valence-corrected chi connectivity index (χ1v) is 7.04. The quantitative estimate of drug-likeness (QED) is 0.942. The van der Waals surface area contributed by atoms with Gasteiger partial charge in [-0.05, 0) is 18.6 Å². The molecule has 1 aromatic heterocycles. The fourth-order valence-electron chi connectivity index (χ4n) is 2.31. The summed E-state index contributed by atoms with van der Waals surface area (Å²) in [5.41, 5.74) is 0.326. The van der Waals surface area contributed by atoms with E-state index >= 15 is 0 Å². The number of hydrogen-bond donors (Lipinski definition) is 1. The predicted molar refractivity (Wildman–Crippen MR) is 72.7 cm³/mol. The Morgan fingerprint density at radius 3 is 3.05 bits per heavy atom. The van der Waals surface area contributed by atoms with Gasteiger partial charge in [0.15, 0.2) is 5.82 Å². The van der Waals surface area contributed by atoms with E-state index in [2.05, 4.69) is 10.1 Å². The van der Waals surface area contributed by atoms with Crippen LogP contribution in [0.25, 0.3) is 0 Å². The Labute approximate surface area is 125 Å². The van der Waals surface area contributed by atoms with Gasteiger partial charge in [0.1, 0.15) is 5.82 Å². The number of benzene rings is 1. The van der Waals surface area contributed by atoms with Crippen molar-refractivity contribution in [2.24, 2.45) is 0 Å². The molecule has 0 spiro atoms. The zero-order chi connectivity index (χ0) is 14.8. The average molecular weight is 313 g/mol. The molecule has 0 aliphatic carbocycles. The van der Waals surface area contributed by atoms with Crippen molar-refractivity contribution < 1.29 is 18.8 Å². The molecule has 1 aliphatic heterocycles. The van der Waals surface area contributed by atoms with Gasteiger partial charge in [0.25, 0.3) is 0 Å². The van der Waals surface area contributed by atoms with E-state index in [1.807, 2.05) is 0 Å². The third-order valence-corrected chi connectivity index (χ3v) is 3.87. The molecule has 112 valence electrons. The maximum absolute atomic E-state index is 13.7. The van der Waals surface area contributed by atoms with Crippen molar-refractivity contribution in [3.63, 3.8) is 0 Å². The Morgan fingerprint density at radius 1 is 1.43 bits per heavy atom. The molecule has 3 rings (SSSR count). The fraction of sp³-hybridized carbons (Fsp3) is 0.429. The molecule has 0 bridgehead atoms. The lowest BCUT2D eigenvalue weighted by Crippen LogP contribution is -2.30. The van der Waals surface area contributed by atoms with Gasteiger partial charge in [0.05, 0.1) is 18.6 Å². The Balaban J connectivity index is 1.79. The van der Waals surface area contributed by atoms with Gasteiger partial charge in [-0.3, -0.25) is 0 Å². The first-order valence-electron chi connectivity index (χ1n) is 6.66. The van der Waals surface area contributed by atoms with Crippen molar-refractivity contribution in [1.82, 2.24) is 10.1 Å². The first kappa shape index (κ1) is 14.4. The number of ether oxygens (including phenoxy) is 1. The van der Waals surface area contributed by atoms with E-state index in [9.17, 15) is 9.50 Å². The number of aliphatic hydroxyl groups is 1. The SMILES string of the molecule is OC1CCOCC1c1nc(Cc2c(F)cccc2Cl)no1. The van der Waals surface area contributed by atoms with E-state index in [0.29, 0.717) is 41.9 Å². The van der Waals surface area contributed by atoms with E-state index in [0.717, 1.165) is 0 Å². The van der Waals surface area contributed by atoms with E-state index in [1.165, 1.54) is 6.07 Å². The van der Waals surface area contributed by atoms with Crippen LogP contribution in [0.15, 0.2) is 22.7 Å². The molecular weight excluding hydrogens is 299 g/mol. The number of aliphatic hydroxyl groups excluding tert-OH is 1. The minimum absolute atomic E-state index is 0.138. The molecule has 21 heavy (non-hydrogen) atoms. The van der Waals surface area contributed by atoms with Crippen LogP contribution in [0.1, 0.15) is 29.6 Å². The smallest absolute Gasteiger partial charge is 0.234 e. The van der Waals surface area contributed by atoms with Gasteiger partial charge >= 0.3 is 0 Å². The Morgan fingerprint density at radius 2 is 2.29 bits per heavy atom. The highest BCUT2D eigenvalue weighted by Gasteiger charge is 2.30. The number of aromatic nitrogens is 2. The maximum Gasteiger partial charge on any atom is 0.234 e. The number of rotatable bonds is 3. The van der Waals surface area contributed by atoms with Crippen molar-refractivity contribution in [3.05, 3.63) is 46.3 Å². The van der Waals surface area contributed by atoms with Crippen LogP contribution in [0.3, 0.4) is 0 Å². The second kappa shape index (κ2) is 6.09. The molecule has 5 nitrogen and oxygen atoms in total. The van der Waals surface area contributed by atoms with Crippen molar-refractivity contribution in [1.29, 1.82) is 0 Å². The molecule has 0 saturated carbocycles. The second-order valence-corrected chi connectivity index (χ2v) is 5.37. The Kier molecular flexibility index (Phi) is 4.19. The zero-order valence-electron chi connectivity index (χ0n) is 11.1. The molecule has 0 radical (unpaired) electrons. The summed E-state index contributed by atoms with van der Waals surface area (Å²) in [7, 11) is 0. The van der Waals surface area contributed by atoms with E-state index < -0.39 is 11.9 Å². The molecule has 1 N–H and O–H groups in total. The van der Waals surface area contributed by atoms with Crippen LogP contribution < -0.4 is 0 Å². The molecule has 1 saturated heterocycles. The van der Waals surface area contributed by atoms with Crippen LogP contribution in [0.2, 0.25) is 5.02 Å². The Hall–Kier alpha value is -1.50. The highest BCUT2D eigenvalue weighted by Crippen LogP contribution is 2.26. The molecule has 1 aliphatic rings. The molecule has 1 aromatic carbocycles. The number of halogens is 2. The third-order valence-electron chi connectivity index (χ3n) is 3.52. The normalized spacial score (nSPS) is 22.4. The van der Waals surface area contributed by atoms with Crippen LogP contribution >= 0.6 is 11.6 Å². The largest absolute Gasteiger partial charge is 0.392 e. The molecule has 2 aromatic rings. The van der Waals surface area contributed by atoms with E-state index in [4.69, 9.17) is 20.9 Å². The number of hydrogen-bond acceptors (Lipinski definition) is 5. The van der Waals surface area contributed by atoms with Crippen LogP contribution in [0.5, 0.6) is 0 Å². The fourth-order valence-corrected chi connectivity index (χ4v) is 2.54. The molecule has 2 atom stereocenters. The van der Waals surface area contributed by atoms with Crippen molar-refractivity contribution in [3.8, 4) is 0 Å². The van der Waals surface area contributed by atoms with Gasteiger partial charge < -0.3 is 14.4 Å². The van der Waals surface area contributed by atoms with Crippen molar-refractivity contribution in [2.75, 3.05) is 13.2 Å². The lowest BCUT2D eigenvalue weighted by atomic mass is 9.99. The van der Waals surface area contributed by atoms with Gasteiger partial charge in [-0.2, -0.15) is 4.98 Å². The van der Waals surface area contributed by atoms with E-state index in [1.54, 1.807) is 12.1 Å². The minimum atomic E-state index is -0.566. The highest BCUT2D eigenvalue weighted by atomic mass is 35.5. The van der Waals surface area contributed by atoms with Gasteiger partial charge in [0.2, 0.25) is 5.89 Å². The minimum Gasteiger partial charge on any atom is -0.392 e. The molecule has 2 heterocycles. The first-order chi connectivity index (χ1) is 10.1. The summed E-state index contributed by atoms with van der Waals surface area (Å²) >= 11 is 5.97. The molecule has 7 heteroatoms. The van der Waals surface area contributed by atoms with Crippen molar-refractivity contribution in [2.45, 2.75) is 24.9 Å². The zero-order valence-corrected chi connectivity index (χ0v) is 11.9. The van der Waals surface area contributed by atoms with Crippen LogP contribution in [-0.4, -0.2) is 34.6 Å². The monoisotopic (exact) mass is 312 g/mol. The summed E-state index contributed by atoms with van der Waals surface area (Å²) in [5, 5.41) is 14.1. The van der Waals surface area contributed by atoms with Crippen molar-refractivity contribution >= 4 is 11.6 Å². The molecule has 2 unspecified atom stereocenters. The van der Waals surface area contributed by atoms with Gasteiger partial charge in [-0.1, -0.05) is 22.8 Å². The summed E-state index contributed by atoms with van der Waals surface area (Å²) in [4.78, 5) is 4.22. The molecule has 0 amide bonds. The topological polar surface area (TPSA) is 68.4 Å². The summed E-state index contributed by atoms with van der Waals surface area (Å²) in [6, 6.07) is 4.49. The van der Waals surface area contributed by atoms with Crippen LogP contribution in [-0.2, 0) is 11.2 Å². The summed E-state index contributed by atoms with van der Waals surface area (Å²) in [6.45, 7) is 0.854. The van der Waals surface area contributed by atoms with Crippen LogP contribution in [0.4, 0.5) is 4.39 Å². The standard InChI is InChI=1S/C14H14ClFN2O3/c15-10-2-1-3-11(16)8(10)6-13-17-14(21-18-13)9-7-20-5-4-12(9)19/h1-3,9,12,19H,4-7H2. The van der Waals surface area contributed by atoms with Gasteiger partial charge in [0, 0.05) is 23.6 Å². The van der Waals surface area contributed by atoms with Gasteiger partial charge in [-0.15, -0.1) is 0 Å². The average Bonchev–Trinajstić information content (AvgIpc) is 2.92. The molecular formula is C14H14ClFN2O3. The summed E-state index contributed by atoms with van der Waals surface area (Å²) < 4.78 is 24.2. The second-order valence-electron chi connectivity index (χ2n) is 4.96.